The molecule has 6 nitrogen and oxygen atoms in total. The molecule has 0 unspecified atom stereocenters. The van der Waals surface area contributed by atoms with Crippen LogP contribution < -0.4 is 10.2 Å². The first kappa shape index (κ1) is 19.8. The van der Waals surface area contributed by atoms with E-state index in [2.05, 4.69) is 23.7 Å². The molecule has 1 amide bonds. The van der Waals surface area contributed by atoms with Crippen LogP contribution in [0.25, 0.3) is 0 Å². The lowest BCUT2D eigenvalue weighted by Gasteiger charge is -2.33. The number of benzene rings is 1. The number of halogens is 1. The Kier molecular flexibility index (Phi) is 6.46. The molecule has 1 atom stereocenters. The second-order valence-electron chi connectivity index (χ2n) is 7.04. The Morgan fingerprint density at radius 2 is 2.15 bits per heavy atom. The van der Waals surface area contributed by atoms with Crippen molar-refractivity contribution in [2.24, 2.45) is 5.92 Å². The van der Waals surface area contributed by atoms with Crippen LogP contribution in [0.3, 0.4) is 0 Å². The lowest BCUT2D eigenvalue weighted by molar-refractivity contribution is -0.935. The van der Waals surface area contributed by atoms with Gasteiger partial charge < -0.3 is 10.2 Å². The lowest BCUT2D eigenvalue weighted by atomic mass is 9.97. The van der Waals surface area contributed by atoms with Crippen LogP contribution in [0.15, 0.2) is 35.7 Å². The van der Waals surface area contributed by atoms with Gasteiger partial charge in [0.2, 0.25) is 0 Å². The summed E-state index contributed by atoms with van der Waals surface area (Å²) in [6, 6.07) is 8.47. The molecule has 144 valence electrons. The topological polar surface area (TPSA) is 76.7 Å². The Bertz CT molecular complexity index is 805. The monoisotopic (exact) mass is 408 g/mol. The highest BCUT2D eigenvalue weighted by Gasteiger charge is 2.29. The van der Waals surface area contributed by atoms with Crippen LogP contribution in [-0.2, 0) is 0 Å². The first-order chi connectivity index (χ1) is 13.0. The average Bonchev–Trinajstić information content (AvgIpc) is 3.17. The minimum Gasteiger partial charge on any atom is -0.346 e. The van der Waals surface area contributed by atoms with Gasteiger partial charge in [0.25, 0.3) is 11.6 Å². The second-order valence-corrected chi connectivity index (χ2v) is 8.43. The number of hydrogen-bond acceptors (Lipinski definition) is 4. The Morgan fingerprint density at radius 3 is 2.78 bits per heavy atom. The molecule has 1 aliphatic heterocycles. The van der Waals surface area contributed by atoms with Gasteiger partial charge >= 0.3 is 0 Å². The zero-order chi connectivity index (χ0) is 19.4. The summed E-state index contributed by atoms with van der Waals surface area (Å²) in [4.78, 5) is 25.8. The molecule has 0 saturated carbocycles. The maximum Gasteiger partial charge on any atom is 0.288 e. The molecule has 2 heterocycles. The average molecular weight is 409 g/mol. The summed E-state index contributed by atoms with van der Waals surface area (Å²) in [6.45, 7) is 4.96. The molecule has 2 aromatic rings. The largest absolute Gasteiger partial charge is 0.346 e. The van der Waals surface area contributed by atoms with E-state index >= 15 is 0 Å². The van der Waals surface area contributed by atoms with E-state index in [1.165, 1.54) is 40.8 Å². The van der Waals surface area contributed by atoms with Gasteiger partial charge in [-0.1, -0.05) is 24.6 Å². The lowest BCUT2D eigenvalue weighted by Crippen LogP contribution is -3.14. The van der Waals surface area contributed by atoms with Crippen LogP contribution in [0.4, 0.5) is 5.69 Å². The van der Waals surface area contributed by atoms with Gasteiger partial charge in [0.05, 0.1) is 29.4 Å². The highest BCUT2D eigenvalue weighted by molar-refractivity contribution is 7.10. The molecule has 2 N–H and O–H groups in total. The van der Waals surface area contributed by atoms with Crippen molar-refractivity contribution in [3.8, 4) is 0 Å². The zero-order valence-corrected chi connectivity index (χ0v) is 16.7. The third-order valence-electron chi connectivity index (χ3n) is 5.17. The molecule has 3 rings (SSSR count). The Morgan fingerprint density at radius 1 is 1.41 bits per heavy atom. The maximum atomic E-state index is 12.6. The summed E-state index contributed by atoms with van der Waals surface area (Å²) in [5, 5.41) is 16.1. The van der Waals surface area contributed by atoms with E-state index in [0.29, 0.717) is 6.54 Å². The molecule has 1 aromatic heterocycles. The van der Waals surface area contributed by atoms with E-state index in [1.54, 1.807) is 11.3 Å². The molecule has 1 saturated heterocycles. The summed E-state index contributed by atoms with van der Waals surface area (Å²) in [7, 11) is 0. The number of carbonyl (C=O) groups excluding carboxylic acids is 1. The standard InChI is InChI=1S/C19H22ClN3O3S/c1-13-6-8-22(9-7-13)17(18-3-2-10-27-18)12-21-19(24)14-4-5-15(20)16(11-14)23(25)26/h2-5,10-11,13,17H,6-9,12H2,1H3,(H,21,24)/p+1/t17-/m1/s1. The minimum atomic E-state index is -0.577. The van der Waals surface area contributed by atoms with Crippen molar-refractivity contribution in [2.75, 3.05) is 19.6 Å². The zero-order valence-electron chi connectivity index (χ0n) is 15.1. The fourth-order valence-electron chi connectivity index (χ4n) is 3.51. The van der Waals surface area contributed by atoms with Crippen molar-refractivity contribution in [1.29, 1.82) is 0 Å². The minimum absolute atomic E-state index is 0.0277. The van der Waals surface area contributed by atoms with Gasteiger partial charge in [-0.15, -0.1) is 11.3 Å². The Hall–Kier alpha value is -1.96. The van der Waals surface area contributed by atoms with Gasteiger partial charge in [0, 0.05) is 11.6 Å². The summed E-state index contributed by atoms with van der Waals surface area (Å²) < 4.78 is 0. The predicted octanol–water partition coefficient (Wildman–Crippen LogP) is 3.10. The van der Waals surface area contributed by atoms with Crippen molar-refractivity contribution >= 4 is 34.5 Å². The number of likely N-dealkylation sites (tertiary alicyclic amines) is 1. The first-order valence-electron chi connectivity index (χ1n) is 9.06. The molecular formula is C19H23ClN3O3S+. The Labute approximate surface area is 167 Å². The van der Waals surface area contributed by atoms with Gasteiger partial charge in [-0.25, -0.2) is 0 Å². The number of piperidine rings is 1. The van der Waals surface area contributed by atoms with Crippen LogP contribution in [0.2, 0.25) is 5.02 Å². The smallest absolute Gasteiger partial charge is 0.288 e. The van der Waals surface area contributed by atoms with Gasteiger partial charge in [0.1, 0.15) is 11.1 Å². The molecule has 1 aliphatic rings. The van der Waals surface area contributed by atoms with Crippen molar-refractivity contribution in [1.82, 2.24) is 5.32 Å². The van der Waals surface area contributed by atoms with Gasteiger partial charge in [-0.2, -0.15) is 0 Å². The highest BCUT2D eigenvalue weighted by atomic mass is 35.5. The van der Waals surface area contributed by atoms with Crippen LogP contribution in [-0.4, -0.2) is 30.5 Å². The van der Waals surface area contributed by atoms with Gasteiger partial charge in [0.15, 0.2) is 0 Å². The molecule has 0 bridgehead atoms. The molecule has 1 fully saturated rings. The number of nitro benzene ring substituents is 1. The number of hydrogen-bond donors (Lipinski definition) is 2. The number of thiophene rings is 1. The third-order valence-corrected chi connectivity index (χ3v) is 6.47. The van der Waals surface area contributed by atoms with E-state index in [-0.39, 0.29) is 28.2 Å². The quantitative estimate of drug-likeness (QED) is 0.569. The summed E-state index contributed by atoms with van der Waals surface area (Å²) in [6.07, 6.45) is 2.38. The molecule has 0 aliphatic carbocycles. The molecule has 27 heavy (non-hydrogen) atoms. The molecule has 0 spiro atoms. The number of nitrogens with zero attached hydrogens (tertiary/aromatic N) is 1. The van der Waals surface area contributed by atoms with E-state index in [4.69, 9.17) is 11.6 Å². The highest BCUT2D eigenvalue weighted by Crippen LogP contribution is 2.25. The molecule has 0 radical (unpaired) electrons. The number of amides is 1. The van der Waals surface area contributed by atoms with Crippen molar-refractivity contribution in [3.63, 3.8) is 0 Å². The van der Waals surface area contributed by atoms with Crippen molar-refractivity contribution in [2.45, 2.75) is 25.8 Å². The van der Waals surface area contributed by atoms with Gasteiger partial charge in [-0.05, 0) is 42.3 Å². The van der Waals surface area contributed by atoms with Crippen LogP contribution in [0, 0.1) is 16.0 Å². The number of nitro groups is 1. The van der Waals surface area contributed by atoms with Crippen LogP contribution >= 0.6 is 22.9 Å². The normalized spacial score (nSPS) is 20.8. The fourth-order valence-corrected chi connectivity index (χ4v) is 4.58. The fraction of sp³-hybridized carbons (Fsp3) is 0.421. The summed E-state index contributed by atoms with van der Waals surface area (Å²) in [5.74, 6) is 0.433. The van der Waals surface area contributed by atoms with Crippen LogP contribution in [0.1, 0.15) is 41.0 Å². The summed E-state index contributed by atoms with van der Waals surface area (Å²) in [5.41, 5.74) is -0.00642. The van der Waals surface area contributed by atoms with E-state index < -0.39 is 4.92 Å². The third kappa shape index (κ3) is 4.86. The predicted molar refractivity (Wildman–Crippen MR) is 107 cm³/mol. The Balaban J connectivity index is 1.71. The maximum absolute atomic E-state index is 12.6. The second kappa shape index (κ2) is 8.82. The molecule has 1 aromatic carbocycles. The van der Waals surface area contributed by atoms with Gasteiger partial charge in [-0.3, -0.25) is 14.9 Å². The summed E-state index contributed by atoms with van der Waals surface area (Å²) >= 11 is 7.53. The molecule has 8 heteroatoms. The number of rotatable bonds is 6. The first-order valence-corrected chi connectivity index (χ1v) is 10.3. The number of nitrogens with one attached hydrogen (secondary N) is 2. The number of quaternary nitrogens is 1. The SMILES string of the molecule is CC1CC[NH+]([C@H](CNC(=O)c2ccc(Cl)c([N+](=O)[O-])c2)c2cccs2)CC1. The van der Waals surface area contributed by atoms with Crippen molar-refractivity contribution in [3.05, 3.63) is 61.3 Å². The number of carbonyl (C=O) groups is 1. The van der Waals surface area contributed by atoms with E-state index in [9.17, 15) is 14.9 Å². The molecular weight excluding hydrogens is 386 g/mol. The van der Waals surface area contributed by atoms with Crippen molar-refractivity contribution < 1.29 is 14.6 Å². The van der Waals surface area contributed by atoms with Crippen LogP contribution in [0.5, 0.6) is 0 Å². The van der Waals surface area contributed by atoms with E-state index in [0.717, 1.165) is 19.0 Å². The van der Waals surface area contributed by atoms with E-state index in [1.807, 2.05) is 6.07 Å².